The lowest BCUT2D eigenvalue weighted by molar-refractivity contribution is -0.161. The Balaban J connectivity index is 4.25. The first-order valence-corrected chi connectivity index (χ1v) is 22.8. The summed E-state index contributed by atoms with van der Waals surface area (Å²) in [4.78, 5) is 35.0. The highest BCUT2D eigenvalue weighted by Gasteiger charge is 2.26. The van der Waals surface area contributed by atoms with Gasteiger partial charge in [-0.25, -0.2) is 4.57 Å². The van der Waals surface area contributed by atoms with Crippen molar-refractivity contribution < 1.29 is 37.6 Å². The first-order chi connectivity index (χ1) is 25.3. The molecule has 0 aliphatic heterocycles. The number of carbonyl (C=O) groups excluding carboxylic acids is 2. The number of nitrogens with two attached hydrogens (primary N) is 1. The van der Waals surface area contributed by atoms with Gasteiger partial charge in [0.2, 0.25) is 0 Å². The quantitative estimate of drug-likeness (QED) is 0.0271. The first-order valence-electron chi connectivity index (χ1n) is 21.3. The van der Waals surface area contributed by atoms with E-state index in [0.29, 0.717) is 19.4 Å². The predicted molar refractivity (Wildman–Crippen MR) is 215 cm³/mol. The fourth-order valence-corrected chi connectivity index (χ4v) is 6.57. The average Bonchev–Trinajstić information content (AvgIpc) is 3.12. The second-order valence-electron chi connectivity index (χ2n) is 14.2. The number of esters is 2. The zero-order valence-electron chi connectivity index (χ0n) is 33.6. The van der Waals surface area contributed by atoms with Crippen molar-refractivity contribution in [3.8, 4) is 0 Å². The number of phosphoric acid groups is 1. The van der Waals surface area contributed by atoms with Gasteiger partial charge in [0.05, 0.1) is 13.2 Å². The summed E-state index contributed by atoms with van der Waals surface area (Å²) in [5.41, 5.74) is 5.42. The highest BCUT2D eigenvalue weighted by molar-refractivity contribution is 7.47. The van der Waals surface area contributed by atoms with Crippen LogP contribution in [0.2, 0.25) is 0 Å². The maximum Gasteiger partial charge on any atom is 0.472 e. The van der Waals surface area contributed by atoms with E-state index in [1.54, 1.807) is 0 Å². The Morgan fingerprint density at radius 1 is 0.558 bits per heavy atom. The van der Waals surface area contributed by atoms with Gasteiger partial charge in [-0.15, -0.1) is 0 Å². The molecular weight excluding hydrogens is 677 g/mol. The van der Waals surface area contributed by atoms with Crippen LogP contribution in [0.25, 0.3) is 0 Å². The molecular formula is C42H80NO8P. The van der Waals surface area contributed by atoms with Crippen LogP contribution < -0.4 is 5.73 Å². The Morgan fingerprint density at radius 3 is 1.40 bits per heavy atom. The number of hydrogen-bond donors (Lipinski definition) is 2. The van der Waals surface area contributed by atoms with Crippen molar-refractivity contribution in [1.29, 1.82) is 0 Å². The summed E-state index contributed by atoms with van der Waals surface area (Å²) in [5, 5.41) is 0. The second kappa shape index (κ2) is 39.2. The molecule has 0 heterocycles. The van der Waals surface area contributed by atoms with E-state index in [4.69, 9.17) is 24.3 Å². The summed E-state index contributed by atoms with van der Waals surface area (Å²) < 4.78 is 33.1. The number of carbonyl (C=O) groups is 2. The van der Waals surface area contributed by atoms with Crippen molar-refractivity contribution >= 4 is 19.8 Å². The van der Waals surface area contributed by atoms with Crippen LogP contribution in [-0.4, -0.2) is 49.3 Å². The first kappa shape index (κ1) is 50.5. The van der Waals surface area contributed by atoms with Gasteiger partial charge in [-0.2, -0.15) is 0 Å². The van der Waals surface area contributed by atoms with Crippen molar-refractivity contribution in [2.75, 3.05) is 26.4 Å². The number of phosphoric ester groups is 1. The molecule has 0 aliphatic carbocycles. The highest BCUT2D eigenvalue weighted by Crippen LogP contribution is 2.43. The lowest BCUT2D eigenvalue weighted by atomic mass is 10.1. The molecule has 0 aliphatic rings. The molecule has 0 rings (SSSR count). The molecule has 0 aromatic carbocycles. The Labute approximate surface area is 319 Å². The topological polar surface area (TPSA) is 134 Å². The molecule has 0 fully saturated rings. The number of rotatable bonds is 40. The van der Waals surface area contributed by atoms with Gasteiger partial charge in [0.15, 0.2) is 6.10 Å². The van der Waals surface area contributed by atoms with Gasteiger partial charge in [0, 0.05) is 12.8 Å². The third-order valence-electron chi connectivity index (χ3n) is 9.04. The zero-order chi connectivity index (χ0) is 38.2. The van der Waals surface area contributed by atoms with Crippen LogP contribution in [0.3, 0.4) is 0 Å². The Bertz CT molecular complexity index is 912. The smallest absolute Gasteiger partial charge is 0.462 e. The lowest BCUT2D eigenvalue weighted by Crippen LogP contribution is -2.29. The average molecular weight is 758 g/mol. The summed E-state index contributed by atoms with van der Waals surface area (Å²) in [7, 11) is -4.36. The van der Waals surface area contributed by atoms with Crippen molar-refractivity contribution in [3.05, 3.63) is 24.3 Å². The molecule has 0 aromatic heterocycles. The molecule has 3 N–H and O–H groups in total. The van der Waals surface area contributed by atoms with Crippen LogP contribution in [0.1, 0.15) is 200 Å². The SMILES string of the molecule is CCCCCCCC/C=C\CCCCCCCC(=O)OC[C@H](COP(=O)(O)OCCCN)OC(=O)CCCCCCC/C=C\CCCCCCCC. The van der Waals surface area contributed by atoms with Gasteiger partial charge >= 0.3 is 19.8 Å². The van der Waals surface area contributed by atoms with Gasteiger partial charge < -0.3 is 20.1 Å². The highest BCUT2D eigenvalue weighted by atomic mass is 31.2. The molecule has 306 valence electrons. The lowest BCUT2D eigenvalue weighted by Gasteiger charge is -2.20. The summed E-state index contributed by atoms with van der Waals surface area (Å²) in [6.07, 6.45) is 39.6. The van der Waals surface area contributed by atoms with Crippen LogP contribution in [0.15, 0.2) is 24.3 Å². The van der Waals surface area contributed by atoms with E-state index in [2.05, 4.69) is 38.2 Å². The molecule has 0 saturated carbocycles. The number of unbranched alkanes of at least 4 members (excludes halogenated alkanes) is 22. The van der Waals surface area contributed by atoms with Gasteiger partial charge in [0.1, 0.15) is 6.61 Å². The van der Waals surface area contributed by atoms with Gasteiger partial charge in [-0.3, -0.25) is 18.6 Å². The maximum absolute atomic E-state index is 12.6. The van der Waals surface area contributed by atoms with E-state index in [1.807, 2.05) is 0 Å². The minimum atomic E-state index is -4.36. The maximum atomic E-state index is 12.6. The van der Waals surface area contributed by atoms with E-state index in [0.717, 1.165) is 70.6 Å². The van der Waals surface area contributed by atoms with Crippen LogP contribution in [0.5, 0.6) is 0 Å². The largest absolute Gasteiger partial charge is 0.472 e. The number of allylic oxidation sites excluding steroid dienone is 4. The van der Waals surface area contributed by atoms with Gasteiger partial charge in [-0.1, -0.05) is 141 Å². The van der Waals surface area contributed by atoms with Gasteiger partial charge in [-0.05, 0) is 77.2 Å². The van der Waals surface area contributed by atoms with Gasteiger partial charge in [0.25, 0.3) is 0 Å². The van der Waals surface area contributed by atoms with Crippen LogP contribution in [-0.2, 0) is 32.7 Å². The summed E-state index contributed by atoms with van der Waals surface area (Å²) >= 11 is 0. The van der Waals surface area contributed by atoms with Crippen LogP contribution in [0.4, 0.5) is 0 Å². The summed E-state index contributed by atoms with van der Waals surface area (Å²) in [6.45, 7) is 4.10. The Kier molecular flexibility index (Phi) is 38.1. The molecule has 0 bridgehead atoms. The minimum absolute atomic E-state index is 0.0326. The second-order valence-corrected chi connectivity index (χ2v) is 15.7. The van der Waals surface area contributed by atoms with Crippen LogP contribution >= 0.6 is 7.82 Å². The van der Waals surface area contributed by atoms with Crippen molar-refractivity contribution in [2.24, 2.45) is 5.73 Å². The van der Waals surface area contributed by atoms with E-state index in [-0.39, 0.29) is 32.0 Å². The van der Waals surface area contributed by atoms with Crippen molar-refractivity contribution in [1.82, 2.24) is 0 Å². The predicted octanol–water partition coefficient (Wildman–Crippen LogP) is 12.0. The zero-order valence-corrected chi connectivity index (χ0v) is 34.4. The van der Waals surface area contributed by atoms with Crippen molar-refractivity contribution in [3.63, 3.8) is 0 Å². The monoisotopic (exact) mass is 758 g/mol. The minimum Gasteiger partial charge on any atom is -0.462 e. The van der Waals surface area contributed by atoms with E-state index in [1.165, 1.54) is 89.9 Å². The number of hydrogen-bond acceptors (Lipinski definition) is 8. The summed E-state index contributed by atoms with van der Waals surface area (Å²) in [5.74, 6) is -0.835. The molecule has 0 spiro atoms. The summed E-state index contributed by atoms with van der Waals surface area (Å²) in [6, 6.07) is 0. The Morgan fingerprint density at radius 2 is 0.962 bits per heavy atom. The fraction of sp³-hybridized carbons (Fsp3) is 0.857. The molecule has 9 nitrogen and oxygen atoms in total. The molecule has 0 saturated heterocycles. The van der Waals surface area contributed by atoms with E-state index < -0.39 is 26.5 Å². The number of ether oxygens (including phenoxy) is 2. The van der Waals surface area contributed by atoms with Crippen LogP contribution in [0, 0.1) is 0 Å². The van der Waals surface area contributed by atoms with Crippen molar-refractivity contribution in [2.45, 2.75) is 206 Å². The molecule has 0 aromatic rings. The molecule has 2 atom stereocenters. The molecule has 0 radical (unpaired) electrons. The normalized spacial score (nSPS) is 13.5. The van der Waals surface area contributed by atoms with E-state index in [9.17, 15) is 19.0 Å². The molecule has 10 heteroatoms. The molecule has 1 unspecified atom stereocenters. The third-order valence-corrected chi connectivity index (χ3v) is 10.0. The van der Waals surface area contributed by atoms with E-state index >= 15 is 0 Å². The molecule has 0 amide bonds. The third kappa shape index (κ3) is 38.2. The Hall–Kier alpha value is -1.51. The fourth-order valence-electron chi connectivity index (χ4n) is 5.78. The standard InChI is InChI=1S/C42H80NO8P/c1-3-5-7-9-11-13-15-17-19-21-23-25-27-29-31-34-41(44)48-38-40(39-50-52(46,47)49-37-33-36-43)51-42(45)35-32-30-28-26-24-22-20-18-16-14-12-10-8-6-4-2/h17-20,40H,3-16,21-39,43H2,1-2H3,(H,46,47)/b19-17-,20-18-/t40-/m1/s1. The molecule has 52 heavy (non-hydrogen) atoms.